The van der Waals surface area contributed by atoms with Gasteiger partial charge in [0.25, 0.3) is 0 Å². The number of fused-ring (bicyclic) bond motifs is 1. The number of thiazole rings is 1. The Morgan fingerprint density at radius 1 is 1.08 bits per heavy atom. The molecule has 5 nitrogen and oxygen atoms in total. The van der Waals surface area contributed by atoms with E-state index in [4.69, 9.17) is 9.97 Å². The summed E-state index contributed by atoms with van der Waals surface area (Å²) in [6.45, 7) is 18.5. The number of halogens is 1. The van der Waals surface area contributed by atoms with Gasteiger partial charge in [-0.3, -0.25) is 0 Å². The van der Waals surface area contributed by atoms with Crippen LogP contribution in [0, 0.1) is 24.6 Å². The van der Waals surface area contributed by atoms with Gasteiger partial charge >= 0.3 is 0 Å². The van der Waals surface area contributed by atoms with Crippen LogP contribution in [0.15, 0.2) is 30.5 Å². The quantitative estimate of drug-likeness (QED) is 0.294. The van der Waals surface area contributed by atoms with E-state index in [9.17, 15) is 4.39 Å². The third kappa shape index (κ3) is 7.52. The van der Waals surface area contributed by atoms with Gasteiger partial charge in [-0.05, 0) is 42.7 Å². The van der Waals surface area contributed by atoms with E-state index < -0.39 is 0 Å². The zero-order valence-electron chi connectivity index (χ0n) is 23.8. The Morgan fingerprint density at radius 2 is 1.70 bits per heavy atom. The van der Waals surface area contributed by atoms with E-state index in [2.05, 4.69) is 62.9 Å². The summed E-state index contributed by atoms with van der Waals surface area (Å²) in [5.74, 6) is 1.75. The lowest BCUT2D eigenvalue weighted by Crippen LogP contribution is -2.22. The zero-order chi connectivity index (χ0) is 27.8. The average Bonchev–Trinajstić information content (AvgIpc) is 3.26. The van der Waals surface area contributed by atoms with Gasteiger partial charge in [-0.25, -0.2) is 19.3 Å². The summed E-state index contributed by atoms with van der Waals surface area (Å²) in [6, 6.07) is 7.79. The maximum absolute atomic E-state index is 15.0. The highest BCUT2D eigenvalue weighted by Gasteiger charge is 2.53. The normalized spacial score (nSPS) is 19.3. The third-order valence-electron chi connectivity index (χ3n) is 5.99. The second kappa shape index (κ2) is 14.2. The van der Waals surface area contributed by atoms with Crippen LogP contribution in [0.1, 0.15) is 65.5 Å². The molecule has 1 aliphatic heterocycles. The van der Waals surface area contributed by atoms with Gasteiger partial charge in [0, 0.05) is 36.3 Å². The molecule has 0 bridgehead atoms. The Bertz CT molecular complexity index is 1120. The van der Waals surface area contributed by atoms with Gasteiger partial charge in [-0.2, -0.15) is 12.6 Å². The molecule has 0 spiro atoms. The molecule has 8 heteroatoms. The van der Waals surface area contributed by atoms with Gasteiger partial charge in [0.05, 0.1) is 21.3 Å². The van der Waals surface area contributed by atoms with Crippen molar-refractivity contribution in [3.63, 3.8) is 0 Å². The van der Waals surface area contributed by atoms with Crippen molar-refractivity contribution in [2.45, 2.75) is 73.3 Å². The van der Waals surface area contributed by atoms with E-state index in [1.807, 2.05) is 26.0 Å². The Kier molecular flexibility index (Phi) is 12.0. The molecule has 37 heavy (non-hydrogen) atoms. The minimum atomic E-state index is -0.227. The fraction of sp³-hybridized carbons (Fsp3) is 0.552. The van der Waals surface area contributed by atoms with Crippen molar-refractivity contribution < 1.29 is 4.39 Å². The molecule has 2 unspecified atom stereocenters. The Morgan fingerprint density at radius 3 is 2.30 bits per heavy atom. The molecule has 5 rings (SSSR count). The first-order valence-corrected chi connectivity index (χ1v) is 15.0. The summed E-state index contributed by atoms with van der Waals surface area (Å²) in [6.07, 6.45) is 4.72. The van der Waals surface area contributed by atoms with Crippen molar-refractivity contribution in [2.75, 3.05) is 24.7 Å². The highest BCUT2D eigenvalue weighted by Crippen LogP contribution is 2.44. The van der Waals surface area contributed by atoms with Crippen molar-refractivity contribution in [2.24, 2.45) is 11.8 Å². The molecule has 2 N–H and O–H groups in total. The first-order chi connectivity index (χ1) is 17.7. The topological polar surface area (TPSA) is 62.7 Å². The monoisotopic (exact) mass is 545 g/mol. The fourth-order valence-corrected chi connectivity index (χ4v) is 5.27. The first kappa shape index (κ1) is 31.2. The molecule has 2 fully saturated rings. The number of hydrogen-bond donors (Lipinski definition) is 3. The largest absolute Gasteiger partial charge is 0.351 e. The van der Waals surface area contributed by atoms with Crippen LogP contribution < -0.4 is 10.6 Å². The maximum atomic E-state index is 15.0. The van der Waals surface area contributed by atoms with Gasteiger partial charge in [0.15, 0.2) is 0 Å². The van der Waals surface area contributed by atoms with E-state index in [0.717, 1.165) is 28.7 Å². The number of nitrogens with one attached hydrogen (secondary N) is 2. The van der Waals surface area contributed by atoms with Gasteiger partial charge < -0.3 is 10.6 Å². The minimum Gasteiger partial charge on any atom is -0.351 e. The number of aryl methyl sites for hydroxylation is 1. The Balaban J connectivity index is 0.000000630. The fourth-order valence-electron chi connectivity index (χ4n) is 4.16. The van der Waals surface area contributed by atoms with Crippen LogP contribution in [0.3, 0.4) is 0 Å². The number of hydrogen-bond acceptors (Lipinski definition) is 7. The number of benzene rings is 1. The minimum absolute atomic E-state index is 0.134. The highest BCUT2D eigenvalue weighted by atomic mass is 32.1. The van der Waals surface area contributed by atoms with Crippen LogP contribution in [0.2, 0.25) is 0 Å². The van der Waals surface area contributed by atoms with Crippen LogP contribution in [0.5, 0.6) is 0 Å². The lowest BCUT2D eigenvalue weighted by Gasteiger charge is -2.13. The number of thiol groups is 1. The molecule has 2 aliphatic rings. The summed E-state index contributed by atoms with van der Waals surface area (Å²) >= 11 is 5.11. The molecule has 1 aromatic carbocycles. The maximum Gasteiger partial charge on any atom is 0.223 e. The Hall–Kier alpha value is -2.03. The van der Waals surface area contributed by atoms with E-state index in [1.165, 1.54) is 6.42 Å². The van der Waals surface area contributed by atoms with Crippen LogP contribution >= 0.6 is 24.0 Å². The predicted octanol–water partition coefficient (Wildman–Crippen LogP) is 7.63. The molecule has 0 radical (unpaired) electrons. The van der Waals surface area contributed by atoms with Crippen LogP contribution in [0.4, 0.5) is 10.3 Å². The van der Waals surface area contributed by atoms with Crippen molar-refractivity contribution in [3.05, 3.63) is 46.9 Å². The van der Waals surface area contributed by atoms with Crippen molar-refractivity contribution in [3.8, 4) is 21.8 Å². The molecule has 0 amide bonds. The molecule has 3 aromatic rings. The van der Waals surface area contributed by atoms with E-state index in [0.29, 0.717) is 40.6 Å². The smallest absolute Gasteiger partial charge is 0.223 e. The predicted molar refractivity (Wildman–Crippen MR) is 161 cm³/mol. The number of piperidine rings is 1. The standard InChI is InChI=1S/C23H26FN5S.C3H8.C2H6.CH4S/c1-12-6-5-7-13(17(12)24)19-20(30-21(28-19)23(2,3)4)16-8-9-26-22(27-16)29-18-14-10-25-11-15(14)18;1-3-2;2*1-2/h5-9,14-15,18,25H,10-11H2,1-4H3,(H,26,27,29);3H2,1-2H3;1-2H3;2H,1H3. The van der Waals surface area contributed by atoms with Gasteiger partial charge in [0.1, 0.15) is 5.82 Å². The summed E-state index contributed by atoms with van der Waals surface area (Å²) < 4.78 is 15.0. The van der Waals surface area contributed by atoms with Crippen molar-refractivity contribution in [1.82, 2.24) is 20.3 Å². The van der Waals surface area contributed by atoms with Crippen LogP contribution in [-0.2, 0) is 5.41 Å². The lowest BCUT2D eigenvalue weighted by atomic mass is 9.98. The molecule has 1 aliphatic carbocycles. The van der Waals surface area contributed by atoms with Gasteiger partial charge in [-0.1, -0.05) is 67.0 Å². The third-order valence-corrected chi connectivity index (χ3v) is 7.49. The average molecular weight is 546 g/mol. The first-order valence-electron chi connectivity index (χ1n) is 13.3. The summed E-state index contributed by atoms with van der Waals surface area (Å²) in [5, 5.41) is 7.86. The number of aromatic nitrogens is 3. The number of nitrogens with zero attached hydrogens (tertiary/aromatic N) is 3. The zero-order valence-corrected chi connectivity index (χ0v) is 25.5. The second-order valence-corrected chi connectivity index (χ2v) is 11.0. The molecular formula is C29H44FN5S2. The molecule has 2 aromatic heterocycles. The van der Waals surface area contributed by atoms with Gasteiger partial charge in [0.2, 0.25) is 5.95 Å². The SMILES string of the molecule is CC.CCC.CS.Cc1cccc(-c2nc(C(C)(C)C)sc2-c2ccnc(NC3C4CNCC43)n2)c1F. The van der Waals surface area contributed by atoms with Crippen molar-refractivity contribution >= 4 is 29.9 Å². The van der Waals surface area contributed by atoms with Gasteiger partial charge in [-0.15, -0.1) is 11.3 Å². The van der Waals surface area contributed by atoms with Crippen LogP contribution in [-0.4, -0.2) is 40.3 Å². The summed E-state index contributed by atoms with van der Waals surface area (Å²) in [5.41, 5.74) is 2.43. The second-order valence-electron chi connectivity index (χ2n) is 10.0. The molecular weight excluding hydrogens is 501 g/mol. The molecule has 1 saturated heterocycles. The Labute approximate surface area is 232 Å². The number of anilines is 1. The molecule has 2 atom stereocenters. The van der Waals surface area contributed by atoms with Crippen LogP contribution in [0.25, 0.3) is 21.8 Å². The molecule has 3 heterocycles. The number of rotatable bonds is 4. The van der Waals surface area contributed by atoms with Crippen molar-refractivity contribution in [1.29, 1.82) is 0 Å². The molecule has 204 valence electrons. The van der Waals surface area contributed by atoms with E-state index in [-0.39, 0.29) is 11.2 Å². The van der Waals surface area contributed by atoms with E-state index >= 15 is 0 Å². The molecule has 1 saturated carbocycles. The highest BCUT2D eigenvalue weighted by molar-refractivity contribution is 7.79. The van der Waals surface area contributed by atoms with E-state index in [1.54, 1.807) is 42.8 Å². The summed E-state index contributed by atoms with van der Waals surface area (Å²) in [7, 11) is 0. The summed E-state index contributed by atoms with van der Waals surface area (Å²) in [4.78, 5) is 15.0. The lowest BCUT2D eigenvalue weighted by molar-refractivity contribution is 0.585.